The fourth-order valence-corrected chi connectivity index (χ4v) is 3.90. The van der Waals surface area contributed by atoms with Gasteiger partial charge in [0.1, 0.15) is 0 Å². The predicted molar refractivity (Wildman–Crippen MR) is 98.5 cm³/mol. The van der Waals surface area contributed by atoms with Crippen LogP contribution in [0.25, 0.3) is 6.08 Å². The third-order valence-electron chi connectivity index (χ3n) is 5.27. The van der Waals surface area contributed by atoms with Crippen molar-refractivity contribution in [1.82, 2.24) is 14.9 Å². The Balaban J connectivity index is 1.51. The van der Waals surface area contributed by atoms with Crippen molar-refractivity contribution in [3.05, 3.63) is 23.5 Å². The number of anilines is 1. The molecule has 0 aromatic carbocycles. The molecule has 1 saturated carbocycles. The molecule has 0 bridgehead atoms. The second-order valence-corrected chi connectivity index (χ2v) is 7.30. The van der Waals surface area contributed by atoms with Gasteiger partial charge in [0.2, 0.25) is 5.95 Å². The minimum Gasteiger partial charge on any atom is -0.478 e. The van der Waals surface area contributed by atoms with Crippen LogP contribution in [0.2, 0.25) is 0 Å². The summed E-state index contributed by atoms with van der Waals surface area (Å²) in [5.41, 5.74) is 1.52. The van der Waals surface area contributed by atoms with Gasteiger partial charge in [-0.25, -0.2) is 14.8 Å². The summed E-state index contributed by atoms with van der Waals surface area (Å²) in [4.78, 5) is 22.0. The van der Waals surface area contributed by atoms with E-state index < -0.39 is 5.97 Å². The summed E-state index contributed by atoms with van der Waals surface area (Å²) in [6, 6.07) is 0.392. The van der Waals surface area contributed by atoms with Crippen LogP contribution in [-0.4, -0.2) is 51.6 Å². The molecular weight excluding hydrogens is 316 g/mol. The van der Waals surface area contributed by atoms with Crippen LogP contribution in [0.3, 0.4) is 0 Å². The Labute approximate surface area is 149 Å². The van der Waals surface area contributed by atoms with Gasteiger partial charge in [-0.15, -0.1) is 0 Å². The van der Waals surface area contributed by atoms with E-state index in [-0.39, 0.29) is 0 Å². The molecule has 25 heavy (non-hydrogen) atoms. The molecule has 136 valence electrons. The van der Waals surface area contributed by atoms with Crippen LogP contribution >= 0.6 is 0 Å². The first-order valence-electron chi connectivity index (χ1n) is 9.33. The average Bonchev–Trinajstić information content (AvgIpc) is 3.02. The molecule has 0 radical (unpaired) electrons. The van der Waals surface area contributed by atoms with E-state index in [2.05, 4.69) is 20.2 Å². The average molecular weight is 344 g/mol. The normalized spacial score (nSPS) is 22.5. The minimum atomic E-state index is -0.967. The molecule has 1 aromatic heterocycles. The van der Waals surface area contributed by atoms with E-state index in [1.54, 1.807) is 6.20 Å². The zero-order valence-electron chi connectivity index (χ0n) is 14.9. The van der Waals surface area contributed by atoms with Gasteiger partial charge < -0.3 is 15.3 Å². The summed E-state index contributed by atoms with van der Waals surface area (Å²) in [7, 11) is 0. The summed E-state index contributed by atoms with van der Waals surface area (Å²) in [5.74, 6) is 0.548. The fourth-order valence-electron chi connectivity index (χ4n) is 3.90. The Morgan fingerprint density at radius 1 is 1.36 bits per heavy atom. The van der Waals surface area contributed by atoms with Crippen LogP contribution < -0.4 is 5.32 Å². The topological polar surface area (TPSA) is 78.4 Å². The van der Waals surface area contributed by atoms with Gasteiger partial charge in [0, 0.05) is 43.5 Å². The number of carboxylic acid groups (broad SMARTS) is 1. The van der Waals surface area contributed by atoms with Crippen molar-refractivity contribution in [2.75, 3.05) is 25.0 Å². The van der Waals surface area contributed by atoms with Gasteiger partial charge in [-0.3, -0.25) is 0 Å². The molecule has 2 fully saturated rings. The molecule has 1 aromatic rings. The molecule has 2 N–H and O–H groups in total. The molecule has 6 nitrogen and oxygen atoms in total. The summed E-state index contributed by atoms with van der Waals surface area (Å²) in [5, 5.41) is 12.1. The number of rotatable bonds is 6. The zero-order chi connectivity index (χ0) is 17.6. The molecule has 2 aliphatic rings. The molecule has 0 amide bonds. The smallest absolute Gasteiger partial charge is 0.328 e. The number of aryl methyl sites for hydroxylation is 1. The summed E-state index contributed by atoms with van der Waals surface area (Å²) < 4.78 is 0. The van der Waals surface area contributed by atoms with Gasteiger partial charge in [0.25, 0.3) is 0 Å². The number of carbonyl (C=O) groups is 1. The lowest BCUT2D eigenvalue weighted by Gasteiger charge is -2.26. The highest BCUT2D eigenvalue weighted by atomic mass is 16.4. The number of hydrogen-bond donors (Lipinski definition) is 2. The summed E-state index contributed by atoms with van der Waals surface area (Å²) in [6.45, 7) is 5.31. The van der Waals surface area contributed by atoms with Gasteiger partial charge in [0.15, 0.2) is 0 Å². The molecule has 3 rings (SSSR count). The Hall–Kier alpha value is -1.95. The molecular formula is C19H28N4O2. The van der Waals surface area contributed by atoms with Crippen LogP contribution in [0.15, 0.2) is 12.3 Å². The molecule has 0 spiro atoms. The first-order valence-corrected chi connectivity index (χ1v) is 9.33. The Morgan fingerprint density at radius 3 is 2.88 bits per heavy atom. The lowest BCUT2D eigenvalue weighted by Crippen LogP contribution is -2.31. The van der Waals surface area contributed by atoms with Crippen LogP contribution in [0.1, 0.15) is 49.8 Å². The molecule has 6 heteroatoms. The fraction of sp³-hybridized carbons (Fsp3) is 0.632. The Morgan fingerprint density at radius 2 is 2.16 bits per heavy atom. The predicted octanol–water partition coefficient (Wildman–Crippen LogP) is 2.95. The van der Waals surface area contributed by atoms with Gasteiger partial charge in [-0.2, -0.15) is 0 Å². The first-order chi connectivity index (χ1) is 12.1. The highest BCUT2D eigenvalue weighted by molar-refractivity contribution is 5.85. The quantitative estimate of drug-likeness (QED) is 0.773. The lowest BCUT2D eigenvalue weighted by atomic mass is 9.89. The van der Waals surface area contributed by atoms with E-state index in [1.807, 2.05) is 6.92 Å². The van der Waals surface area contributed by atoms with Crippen molar-refractivity contribution < 1.29 is 9.90 Å². The first kappa shape index (κ1) is 17.9. The summed E-state index contributed by atoms with van der Waals surface area (Å²) in [6.07, 6.45) is 12.4. The van der Waals surface area contributed by atoms with Crippen LogP contribution in [0, 0.1) is 12.8 Å². The van der Waals surface area contributed by atoms with Gasteiger partial charge in [-0.1, -0.05) is 19.3 Å². The Kier molecular flexibility index (Phi) is 6.02. The molecule has 2 heterocycles. The second kappa shape index (κ2) is 8.43. The minimum absolute atomic E-state index is 0.392. The van der Waals surface area contributed by atoms with Gasteiger partial charge in [0.05, 0.1) is 5.69 Å². The number of carboxylic acids is 1. The van der Waals surface area contributed by atoms with E-state index in [1.165, 1.54) is 44.7 Å². The van der Waals surface area contributed by atoms with E-state index in [9.17, 15) is 4.79 Å². The highest BCUT2D eigenvalue weighted by Gasteiger charge is 2.25. The maximum absolute atomic E-state index is 10.6. The largest absolute Gasteiger partial charge is 0.478 e. The van der Waals surface area contributed by atoms with Crippen LogP contribution in [0.4, 0.5) is 5.95 Å². The van der Waals surface area contributed by atoms with E-state index in [0.717, 1.165) is 42.8 Å². The maximum atomic E-state index is 10.6. The lowest BCUT2D eigenvalue weighted by molar-refractivity contribution is -0.131. The molecule has 0 unspecified atom stereocenters. The van der Waals surface area contributed by atoms with Crippen molar-refractivity contribution in [3.63, 3.8) is 0 Å². The number of aromatic nitrogens is 2. The van der Waals surface area contributed by atoms with Crippen molar-refractivity contribution >= 4 is 18.0 Å². The molecule has 1 atom stereocenters. The number of nitrogens with one attached hydrogen (secondary N) is 1. The molecule has 1 saturated heterocycles. The van der Waals surface area contributed by atoms with Crippen LogP contribution in [-0.2, 0) is 4.79 Å². The standard InChI is InChI=1S/C19H28N4O2/c1-14-16(7-8-18(24)25)11-20-19(21-14)22-17-9-10-23(13-17)12-15-5-3-2-4-6-15/h7-8,11,15,17H,2-6,9-10,12-13H2,1H3,(H,24,25)(H,20,21,22)/b8-7+/t17-/m1/s1. The van der Waals surface area contributed by atoms with E-state index >= 15 is 0 Å². The molecule has 1 aliphatic heterocycles. The number of nitrogens with zero attached hydrogens (tertiary/aromatic N) is 3. The van der Waals surface area contributed by atoms with Gasteiger partial charge >= 0.3 is 5.97 Å². The van der Waals surface area contributed by atoms with Gasteiger partial charge in [-0.05, 0) is 38.2 Å². The number of hydrogen-bond acceptors (Lipinski definition) is 5. The van der Waals surface area contributed by atoms with Crippen molar-refractivity contribution in [2.45, 2.75) is 51.5 Å². The molecule has 1 aliphatic carbocycles. The third-order valence-corrected chi connectivity index (χ3v) is 5.27. The SMILES string of the molecule is Cc1nc(N[C@@H]2CCN(CC3CCCCC3)C2)ncc1/C=C/C(=O)O. The second-order valence-electron chi connectivity index (χ2n) is 7.30. The van der Waals surface area contributed by atoms with E-state index in [0.29, 0.717) is 12.0 Å². The van der Waals surface area contributed by atoms with Crippen molar-refractivity contribution in [2.24, 2.45) is 5.92 Å². The maximum Gasteiger partial charge on any atom is 0.328 e. The van der Waals surface area contributed by atoms with Crippen molar-refractivity contribution in [3.8, 4) is 0 Å². The summed E-state index contributed by atoms with van der Waals surface area (Å²) >= 11 is 0. The zero-order valence-corrected chi connectivity index (χ0v) is 14.9. The number of likely N-dealkylation sites (tertiary alicyclic amines) is 1. The monoisotopic (exact) mass is 344 g/mol. The third kappa shape index (κ3) is 5.26. The van der Waals surface area contributed by atoms with E-state index in [4.69, 9.17) is 5.11 Å². The van der Waals surface area contributed by atoms with Crippen LogP contribution in [0.5, 0.6) is 0 Å². The van der Waals surface area contributed by atoms with Crippen molar-refractivity contribution in [1.29, 1.82) is 0 Å². The Bertz CT molecular complexity index is 626. The highest BCUT2D eigenvalue weighted by Crippen LogP contribution is 2.26. The number of aliphatic carboxylic acids is 1.